The zero-order chi connectivity index (χ0) is 17.0. The molecule has 23 heavy (non-hydrogen) atoms. The lowest BCUT2D eigenvalue weighted by atomic mass is 10.3. The highest BCUT2D eigenvalue weighted by Gasteiger charge is 2.19. The summed E-state index contributed by atoms with van der Waals surface area (Å²) in [6.07, 6.45) is 0. The molecule has 0 aliphatic carbocycles. The lowest BCUT2D eigenvalue weighted by molar-refractivity contribution is -0.113. The summed E-state index contributed by atoms with van der Waals surface area (Å²) in [7, 11) is -2.28. The van der Waals surface area contributed by atoms with Crippen molar-refractivity contribution in [1.29, 1.82) is 0 Å². The highest BCUT2D eigenvalue weighted by molar-refractivity contribution is 7.92. The number of rotatable bonds is 5. The summed E-state index contributed by atoms with van der Waals surface area (Å²) in [6, 6.07) is 10.3. The Morgan fingerprint density at radius 3 is 2.17 bits per heavy atom. The van der Waals surface area contributed by atoms with Crippen molar-refractivity contribution >= 4 is 44.6 Å². The van der Waals surface area contributed by atoms with Gasteiger partial charge in [0.1, 0.15) is 11.5 Å². The second-order valence-corrected chi connectivity index (χ2v) is 7.50. The topological polar surface area (TPSA) is 72.5 Å². The fourth-order valence-corrected chi connectivity index (χ4v) is 3.52. The Morgan fingerprint density at radius 2 is 1.65 bits per heavy atom. The Hall–Kier alpha value is -1.76. The van der Waals surface area contributed by atoms with Gasteiger partial charge < -0.3 is 10.1 Å². The number of ether oxygens (including phenoxy) is 1. The van der Waals surface area contributed by atoms with E-state index in [9.17, 15) is 13.2 Å². The summed E-state index contributed by atoms with van der Waals surface area (Å²) in [4.78, 5) is 12.0. The van der Waals surface area contributed by atoms with Gasteiger partial charge in [0.15, 0.2) is 9.84 Å². The standard InChI is InChI=1S/C15H13Cl2NO4S/c1-22-13-2-4-14(5-3-13)23(20,21)9-15(19)18-12-7-10(16)6-11(17)8-12/h2-8H,9H2,1H3,(H,18,19). The van der Waals surface area contributed by atoms with E-state index >= 15 is 0 Å². The van der Waals surface area contributed by atoms with Crippen LogP contribution in [-0.4, -0.2) is 27.2 Å². The molecule has 2 aromatic carbocycles. The second-order valence-electron chi connectivity index (χ2n) is 4.64. The summed E-state index contributed by atoms with van der Waals surface area (Å²) < 4.78 is 29.4. The number of carbonyl (C=O) groups is 1. The van der Waals surface area contributed by atoms with Crippen LogP contribution in [0.2, 0.25) is 10.0 Å². The average molecular weight is 374 g/mol. The monoisotopic (exact) mass is 373 g/mol. The minimum absolute atomic E-state index is 0.0394. The molecular formula is C15H13Cl2NO4S. The van der Waals surface area contributed by atoms with Crippen LogP contribution in [0.25, 0.3) is 0 Å². The molecule has 2 rings (SSSR count). The fraction of sp³-hybridized carbons (Fsp3) is 0.133. The van der Waals surface area contributed by atoms with Crippen molar-refractivity contribution in [3.05, 3.63) is 52.5 Å². The maximum atomic E-state index is 12.2. The Bertz CT molecular complexity index is 800. The molecule has 0 unspecified atom stereocenters. The first kappa shape index (κ1) is 17.6. The average Bonchev–Trinajstić information content (AvgIpc) is 2.45. The van der Waals surface area contributed by atoms with E-state index in [1.54, 1.807) is 0 Å². The van der Waals surface area contributed by atoms with Gasteiger partial charge in [0.25, 0.3) is 0 Å². The van der Waals surface area contributed by atoms with Crippen LogP contribution in [0, 0.1) is 0 Å². The normalized spacial score (nSPS) is 11.1. The highest BCUT2D eigenvalue weighted by Crippen LogP contribution is 2.23. The SMILES string of the molecule is COc1ccc(S(=O)(=O)CC(=O)Nc2cc(Cl)cc(Cl)c2)cc1. The number of amides is 1. The minimum atomic E-state index is -3.76. The van der Waals surface area contributed by atoms with Crippen molar-refractivity contribution < 1.29 is 17.9 Å². The molecular weight excluding hydrogens is 361 g/mol. The van der Waals surface area contributed by atoms with Crippen molar-refractivity contribution in [2.24, 2.45) is 0 Å². The second kappa shape index (κ2) is 7.21. The van der Waals surface area contributed by atoms with E-state index in [0.29, 0.717) is 21.5 Å². The number of benzene rings is 2. The molecule has 2 aromatic rings. The molecule has 122 valence electrons. The summed E-state index contributed by atoms with van der Waals surface area (Å²) in [5, 5.41) is 3.14. The van der Waals surface area contributed by atoms with Crippen LogP contribution >= 0.6 is 23.2 Å². The smallest absolute Gasteiger partial charge is 0.239 e. The Labute approximate surface area is 144 Å². The molecule has 0 aliphatic rings. The first-order valence-electron chi connectivity index (χ1n) is 6.43. The van der Waals surface area contributed by atoms with Crippen molar-refractivity contribution in [1.82, 2.24) is 0 Å². The molecule has 1 amide bonds. The minimum Gasteiger partial charge on any atom is -0.497 e. The molecule has 8 heteroatoms. The van der Waals surface area contributed by atoms with E-state index in [1.165, 1.54) is 49.6 Å². The van der Waals surface area contributed by atoms with Gasteiger partial charge in [-0.25, -0.2) is 8.42 Å². The number of carbonyl (C=O) groups excluding carboxylic acids is 1. The van der Waals surface area contributed by atoms with E-state index in [2.05, 4.69) is 5.32 Å². The third-order valence-electron chi connectivity index (χ3n) is 2.89. The van der Waals surface area contributed by atoms with Crippen molar-refractivity contribution in [3.63, 3.8) is 0 Å². The van der Waals surface area contributed by atoms with Crippen LogP contribution in [0.1, 0.15) is 0 Å². The summed E-state index contributed by atoms with van der Waals surface area (Å²) >= 11 is 11.7. The molecule has 0 saturated heterocycles. The number of halogens is 2. The first-order chi connectivity index (χ1) is 10.8. The zero-order valence-corrected chi connectivity index (χ0v) is 14.4. The predicted octanol–water partition coefficient (Wildman–Crippen LogP) is 3.41. The van der Waals surface area contributed by atoms with Crippen LogP contribution in [0.15, 0.2) is 47.4 Å². The Morgan fingerprint density at radius 1 is 1.09 bits per heavy atom. The van der Waals surface area contributed by atoms with Crippen LogP contribution in [0.5, 0.6) is 5.75 Å². The molecule has 0 bridgehead atoms. The van der Waals surface area contributed by atoms with Crippen molar-refractivity contribution in [3.8, 4) is 5.75 Å². The van der Waals surface area contributed by atoms with Gasteiger partial charge in [-0.15, -0.1) is 0 Å². The molecule has 0 radical (unpaired) electrons. The number of hydrogen-bond donors (Lipinski definition) is 1. The largest absolute Gasteiger partial charge is 0.497 e. The number of sulfone groups is 1. The number of anilines is 1. The van der Waals surface area contributed by atoms with Crippen molar-refractivity contribution in [2.75, 3.05) is 18.2 Å². The summed E-state index contributed by atoms with van der Waals surface area (Å²) in [5.74, 6) is -0.843. The van der Waals surface area contributed by atoms with Gasteiger partial charge in [-0.2, -0.15) is 0 Å². The Balaban J connectivity index is 2.11. The highest BCUT2D eigenvalue weighted by atomic mass is 35.5. The molecule has 0 spiro atoms. The molecule has 1 N–H and O–H groups in total. The number of nitrogens with one attached hydrogen (secondary N) is 1. The van der Waals surface area contributed by atoms with E-state index in [-0.39, 0.29) is 4.90 Å². The van der Waals surface area contributed by atoms with Gasteiger partial charge in [-0.05, 0) is 42.5 Å². The molecule has 0 heterocycles. The molecule has 0 atom stereocenters. The van der Waals surface area contributed by atoms with Gasteiger partial charge in [-0.3, -0.25) is 4.79 Å². The van der Waals surface area contributed by atoms with Gasteiger partial charge >= 0.3 is 0 Å². The maximum absolute atomic E-state index is 12.2. The van der Waals surface area contributed by atoms with Crippen LogP contribution in [0.3, 0.4) is 0 Å². The maximum Gasteiger partial charge on any atom is 0.239 e. The van der Waals surface area contributed by atoms with Gasteiger partial charge in [0.2, 0.25) is 5.91 Å². The summed E-state index contributed by atoms with van der Waals surface area (Å²) in [5.41, 5.74) is 0.331. The zero-order valence-electron chi connectivity index (χ0n) is 12.0. The van der Waals surface area contributed by atoms with E-state index in [4.69, 9.17) is 27.9 Å². The molecule has 0 saturated carbocycles. The number of hydrogen-bond acceptors (Lipinski definition) is 4. The van der Waals surface area contributed by atoms with Crippen LogP contribution < -0.4 is 10.1 Å². The van der Waals surface area contributed by atoms with Gasteiger partial charge in [0, 0.05) is 15.7 Å². The molecule has 0 fully saturated rings. The first-order valence-corrected chi connectivity index (χ1v) is 8.84. The third kappa shape index (κ3) is 4.86. The number of methoxy groups -OCH3 is 1. The lowest BCUT2D eigenvalue weighted by Gasteiger charge is -2.08. The molecule has 5 nitrogen and oxygen atoms in total. The van der Waals surface area contributed by atoms with Crippen LogP contribution in [0.4, 0.5) is 5.69 Å². The van der Waals surface area contributed by atoms with Gasteiger partial charge in [0.05, 0.1) is 12.0 Å². The fourth-order valence-electron chi connectivity index (χ4n) is 1.86. The third-order valence-corrected chi connectivity index (χ3v) is 4.96. The Kier molecular flexibility index (Phi) is 5.51. The molecule has 0 aliphatic heterocycles. The molecule has 0 aromatic heterocycles. The lowest BCUT2D eigenvalue weighted by Crippen LogP contribution is -2.23. The van der Waals surface area contributed by atoms with Crippen molar-refractivity contribution in [2.45, 2.75) is 4.90 Å². The van der Waals surface area contributed by atoms with E-state index < -0.39 is 21.5 Å². The quantitative estimate of drug-likeness (QED) is 0.871. The van der Waals surface area contributed by atoms with Crippen LogP contribution in [-0.2, 0) is 14.6 Å². The predicted molar refractivity (Wildman–Crippen MR) is 90.1 cm³/mol. The van der Waals surface area contributed by atoms with Gasteiger partial charge in [-0.1, -0.05) is 23.2 Å². The van der Waals surface area contributed by atoms with E-state index in [1.807, 2.05) is 0 Å². The van der Waals surface area contributed by atoms with E-state index in [0.717, 1.165) is 0 Å². The summed E-state index contributed by atoms with van der Waals surface area (Å²) in [6.45, 7) is 0.